The summed E-state index contributed by atoms with van der Waals surface area (Å²) < 4.78 is 1.99. The Morgan fingerprint density at radius 1 is 1.15 bits per heavy atom. The van der Waals surface area contributed by atoms with Crippen LogP contribution in [0.4, 0.5) is 16.3 Å². The van der Waals surface area contributed by atoms with Crippen LogP contribution in [0.2, 0.25) is 0 Å². The molecule has 2 aromatic rings. The van der Waals surface area contributed by atoms with Gasteiger partial charge >= 0.3 is 6.03 Å². The number of hydrogen-bond acceptors (Lipinski definition) is 7. The molecule has 1 aromatic carbocycles. The number of hydrazine groups is 1. The Balaban J connectivity index is 1.23. The SMILES string of the molecule is CC(C)(C)c1cc(NC(=O)Nc2ccc(ON3C=NC=C4NNC=C43)cc2)n(C2CCCC2)n1. The fraction of sp³-hybridized carbons (Fsp3) is 0.375. The zero-order chi connectivity index (χ0) is 23.7. The number of anilines is 2. The molecule has 1 saturated carbocycles. The first-order valence-electron chi connectivity index (χ1n) is 11.6. The van der Waals surface area contributed by atoms with E-state index in [2.05, 4.69) is 47.2 Å². The number of hydrogen-bond donors (Lipinski definition) is 4. The maximum absolute atomic E-state index is 12.8. The van der Waals surface area contributed by atoms with Crippen LogP contribution in [0.25, 0.3) is 0 Å². The second-order valence-electron chi connectivity index (χ2n) is 9.67. The summed E-state index contributed by atoms with van der Waals surface area (Å²) in [6.45, 7) is 6.39. The van der Waals surface area contributed by atoms with Crippen molar-refractivity contribution >= 4 is 23.9 Å². The van der Waals surface area contributed by atoms with Crippen LogP contribution < -0.4 is 26.3 Å². The van der Waals surface area contributed by atoms with Gasteiger partial charge in [-0.05, 0) is 37.1 Å². The van der Waals surface area contributed by atoms with Gasteiger partial charge in [0.15, 0.2) is 5.75 Å². The van der Waals surface area contributed by atoms with Crippen LogP contribution in [0.3, 0.4) is 0 Å². The Hall–Kier alpha value is -3.95. The number of aliphatic imine (C=N–C) groups is 1. The van der Waals surface area contributed by atoms with Gasteiger partial charge in [-0.3, -0.25) is 10.7 Å². The smallest absolute Gasteiger partial charge is 0.324 e. The number of rotatable bonds is 5. The lowest BCUT2D eigenvalue weighted by Gasteiger charge is -2.22. The van der Waals surface area contributed by atoms with E-state index in [1.807, 2.05) is 10.7 Å². The van der Waals surface area contributed by atoms with E-state index in [4.69, 9.17) is 9.94 Å². The van der Waals surface area contributed by atoms with Crippen molar-refractivity contribution in [3.05, 3.63) is 59.8 Å². The number of nitrogens with one attached hydrogen (secondary N) is 4. The van der Waals surface area contributed by atoms with Crippen molar-refractivity contribution in [2.45, 2.75) is 57.9 Å². The minimum absolute atomic E-state index is 0.0944. The zero-order valence-electron chi connectivity index (χ0n) is 19.6. The van der Waals surface area contributed by atoms with Gasteiger partial charge in [0, 0.05) is 23.4 Å². The van der Waals surface area contributed by atoms with Gasteiger partial charge in [0.25, 0.3) is 0 Å². The molecule has 0 unspecified atom stereocenters. The van der Waals surface area contributed by atoms with Gasteiger partial charge in [-0.2, -0.15) is 10.2 Å². The van der Waals surface area contributed by atoms with Crippen LogP contribution in [-0.2, 0) is 5.41 Å². The molecule has 3 aliphatic rings. The Labute approximate surface area is 198 Å². The molecule has 10 heteroatoms. The van der Waals surface area contributed by atoms with Crippen molar-refractivity contribution in [3.63, 3.8) is 0 Å². The van der Waals surface area contributed by atoms with E-state index in [1.165, 1.54) is 12.8 Å². The van der Waals surface area contributed by atoms with Crippen LogP contribution in [0, 0.1) is 0 Å². The van der Waals surface area contributed by atoms with Gasteiger partial charge in [-0.25, -0.2) is 14.5 Å². The molecule has 1 aliphatic carbocycles. The number of nitrogens with zero attached hydrogens (tertiary/aromatic N) is 4. The van der Waals surface area contributed by atoms with Gasteiger partial charge in [-0.1, -0.05) is 33.6 Å². The molecule has 0 saturated heterocycles. The third kappa shape index (κ3) is 4.57. The predicted molar refractivity (Wildman–Crippen MR) is 131 cm³/mol. The van der Waals surface area contributed by atoms with Crippen molar-refractivity contribution in [2.75, 3.05) is 10.6 Å². The molecular weight excluding hydrogens is 432 g/mol. The molecule has 2 amide bonds. The summed E-state index contributed by atoms with van der Waals surface area (Å²) in [5.41, 5.74) is 9.08. The third-order valence-electron chi connectivity index (χ3n) is 6.04. The molecule has 0 spiro atoms. The first kappa shape index (κ1) is 21.9. The highest BCUT2D eigenvalue weighted by molar-refractivity contribution is 5.99. The molecule has 0 bridgehead atoms. The summed E-state index contributed by atoms with van der Waals surface area (Å²) in [5.74, 6) is 1.34. The molecule has 10 nitrogen and oxygen atoms in total. The number of carbonyl (C=O) groups is 1. The molecule has 3 heterocycles. The number of hydroxylamine groups is 2. The van der Waals surface area contributed by atoms with Gasteiger partial charge in [0.2, 0.25) is 0 Å². The van der Waals surface area contributed by atoms with Crippen LogP contribution >= 0.6 is 0 Å². The molecule has 5 rings (SSSR count). The second kappa shape index (κ2) is 8.77. The zero-order valence-corrected chi connectivity index (χ0v) is 19.6. The number of urea groups is 1. The molecular formula is C24H30N8O2. The highest BCUT2D eigenvalue weighted by atomic mass is 16.7. The van der Waals surface area contributed by atoms with Crippen molar-refractivity contribution in [3.8, 4) is 5.75 Å². The fourth-order valence-corrected chi connectivity index (χ4v) is 4.18. The molecule has 4 N–H and O–H groups in total. The number of benzene rings is 1. The van der Waals surface area contributed by atoms with Crippen LogP contribution in [0.15, 0.2) is 59.1 Å². The average molecular weight is 463 g/mol. The number of aromatic nitrogens is 2. The molecule has 178 valence electrons. The lowest BCUT2D eigenvalue weighted by atomic mass is 9.92. The molecule has 0 atom stereocenters. The van der Waals surface area contributed by atoms with E-state index in [0.29, 0.717) is 17.5 Å². The largest absolute Gasteiger partial charge is 0.374 e. The fourth-order valence-electron chi connectivity index (χ4n) is 4.18. The lowest BCUT2D eigenvalue weighted by molar-refractivity contribution is 0.0646. The van der Waals surface area contributed by atoms with E-state index in [-0.39, 0.29) is 11.4 Å². The van der Waals surface area contributed by atoms with Gasteiger partial charge < -0.3 is 15.6 Å². The third-order valence-corrected chi connectivity index (χ3v) is 6.04. The lowest BCUT2D eigenvalue weighted by Crippen LogP contribution is -2.29. The average Bonchev–Trinajstić information content (AvgIpc) is 3.55. The van der Waals surface area contributed by atoms with Gasteiger partial charge in [-0.15, -0.1) is 0 Å². The molecule has 1 aromatic heterocycles. The van der Waals surface area contributed by atoms with Gasteiger partial charge in [0.1, 0.15) is 23.6 Å². The van der Waals surface area contributed by atoms with Crippen LogP contribution in [-0.4, -0.2) is 27.2 Å². The molecule has 0 radical (unpaired) electrons. The molecule has 34 heavy (non-hydrogen) atoms. The van der Waals surface area contributed by atoms with Crippen molar-refractivity contribution in [1.29, 1.82) is 0 Å². The minimum Gasteiger partial charge on any atom is -0.374 e. The summed E-state index contributed by atoms with van der Waals surface area (Å²) >= 11 is 0. The standard InChI is InChI=1S/C24H30N8O2/c1-24(2,3)21-12-22(32(30-21)17-6-4-5-7-17)28-23(33)27-16-8-10-18(11-9-16)34-31-15-25-13-19-20(31)14-26-29-19/h8-15,17,26,29H,4-7H2,1-3H3,(H2,27,28,33). The summed E-state index contributed by atoms with van der Waals surface area (Å²) in [6.07, 6.45) is 9.65. The van der Waals surface area contributed by atoms with Crippen molar-refractivity contribution < 1.29 is 9.63 Å². The normalized spacial score (nSPS) is 17.4. The summed E-state index contributed by atoms with van der Waals surface area (Å²) in [6, 6.07) is 9.18. The van der Waals surface area contributed by atoms with E-state index < -0.39 is 0 Å². The maximum atomic E-state index is 12.8. The van der Waals surface area contributed by atoms with Crippen LogP contribution in [0.1, 0.15) is 58.2 Å². The van der Waals surface area contributed by atoms with E-state index in [1.54, 1.807) is 48.1 Å². The first-order valence-corrected chi connectivity index (χ1v) is 11.6. The number of fused-ring (bicyclic) bond motifs is 1. The topological polar surface area (TPSA) is 108 Å². The summed E-state index contributed by atoms with van der Waals surface area (Å²) in [5, 5.41) is 12.3. The Kier molecular flexibility index (Phi) is 5.64. The first-order chi connectivity index (χ1) is 16.4. The molecule has 2 aliphatic heterocycles. The Morgan fingerprint density at radius 3 is 2.65 bits per heavy atom. The number of amides is 2. The van der Waals surface area contributed by atoms with E-state index in [0.717, 1.165) is 35.7 Å². The summed E-state index contributed by atoms with van der Waals surface area (Å²) in [7, 11) is 0. The maximum Gasteiger partial charge on any atom is 0.324 e. The highest BCUT2D eigenvalue weighted by Crippen LogP contribution is 2.34. The Bertz CT molecular complexity index is 1150. The predicted octanol–water partition coefficient (Wildman–Crippen LogP) is 4.37. The van der Waals surface area contributed by atoms with Crippen molar-refractivity contribution in [1.82, 2.24) is 25.7 Å². The monoisotopic (exact) mass is 462 g/mol. The minimum atomic E-state index is -0.306. The highest BCUT2D eigenvalue weighted by Gasteiger charge is 2.26. The quantitative estimate of drug-likeness (QED) is 0.526. The second-order valence-corrected chi connectivity index (χ2v) is 9.67. The van der Waals surface area contributed by atoms with E-state index >= 15 is 0 Å². The van der Waals surface area contributed by atoms with Crippen molar-refractivity contribution in [2.24, 2.45) is 4.99 Å². The number of carbonyl (C=O) groups excluding carboxylic acids is 1. The Morgan fingerprint density at radius 2 is 1.91 bits per heavy atom. The molecule has 1 fully saturated rings. The summed E-state index contributed by atoms with van der Waals surface area (Å²) in [4.78, 5) is 22.8. The van der Waals surface area contributed by atoms with E-state index in [9.17, 15) is 4.79 Å². The van der Waals surface area contributed by atoms with Gasteiger partial charge in [0.05, 0.1) is 17.9 Å². The van der Waals surface area contributed by atoms with Crippen LogP contribution in [0.5, 0.6) is 5.75 Å².